The van der Waals surface area contributed by atoms with Gasteiger partial charge in [-0.3, -0.25) is 0 Å². The van der Waals surface area contributed by atoms with Crippen LogP contribution in [-0.2, 0) is 6.42 Å². The highest BCUT2D eigenvalue weighted by Gasteiger charge is 2.38. The monoisotopic (exact) mass is 402 g/mol. The van der Waals surface area contributed by atoms with Crippen LogP contribution in [0.1, 0.15) is 35.3 Å². The first kappa shape index (κ1) is 19.7. The van der Waals surface area contributed by atoms with Crippen molar-refractivity contribution in [3.63, 3.8) is 0 Å². The Morgan fingerprint density at radius 2 is 1.97 bits per heavy atom. The molecule has 0 saturated carbocycles. The maximum atomic E-state index is 11.1. The fourth-order valence-corrected chi connectivity index (χ4v) is 4.38. The smallest absolute Gasteiger partial charge is 0.231 e. The summed E-state index contributed by atoms with van der Waals surface area (Å²) in [6.07, 6.45) is 0.751. The van der Waals surface area contributed by atoms with E-state index in [4.69, 9.17) is 23.7 Å². The van der Waals surface area contributed by atoms with Gasteiger partial charge in [-0.2, -0.15) is 0 Å². The molecular formula is C22H28NO6+. The SMILES string of the molecule is COc1ccc([C@@H](O)C[C@@H]2c3c(cc4c(c3OC)OCO4)CC[NH+]2C)c(OC)c1. The van der Waals surface area contributed by atoms with Crippen LogP contribution < -0.4 is 28.6 Å². The van der Waals surface area contributed by atoms with Crippen molar-refractivity contribution in [2.45, 2.75) is 25.0 Å². The van der Waals surface area contributed by atoms with Crippen molar-refractivity contribution in [2.75, 3.05) is 41.7 Å². The predicted octanol–water partition coefficient (Wildman–Crippen LogP) is 1.68. The molecule has 0 amide bonds. The van der Waals surface area contributed by atoms with E-state index >= 15 is 0 Å². The van der Waals surface area contributed by atoms with Crippen molar-refractivity contribution < 1.29 is 33.7 Å². The summed E-state index contributed by atoms with van der Waals surface area (Å²) in [5.41, 5.74) is 3.02. The number of nitrogens with one attached hydrogen (secondary N) is 1. The Hall–Kier alpha value is -2.64. The zero-order valence-electron chi connectivity index (χ0n) is 17.3. The minimum absolute atomic E-state index is 0.0463. The molecule has 3 atom stereocenters. The molecule has 1 unspecified atom stereocenters. The average molecular weight is 402 g/mol. The van der Waals surface area contributed by atoms with Crippen LogP contribution in [-0.4, -0.2) is 46.8 Å². The number of rotatable bonds is 6. The molecule has 0 bridgehead atoms. The highest BCUT2D eigenvalue weighted by atomic mass is 16.7. The van der Waals surface area contributed by atoms with Crippen molar-refractivity contribution in [3.05, 3.63) is 41.0 Å². The molecule has 2 N–H and O–H groups in total. The Balaban J connectivity index is 1.70. The molecule has 2 aliphatic heterocycles. The zero-order valence-corrected chi connectivity index (χ0v) is 17.3. The van der Waals surface area contributed by atoms with Crippen molar-refractivity contribution in [1.82, 2.24) is 0 Å². The molecule has 0 aromatic heterocycles. The third-order valence-corrected chi connectivity index (χ3v) is 5.94. The summed E-state index contributed by atoms with van der Waals surface area (Å²) in [5.74, 6) is 3.41. The van der Waals surface area contributed by atoms with Gasteiger partial charge in [0, 0.05) is 24.5 Å². The zero-order chi connectivity index (χ0) is 20.5. The van der Waals surface area contributed by atoms with Crippen molar-refractivity contribution >= 4 is 0 Å². The first-order valence-corrected chi connectivity index (χ1v) is 9.79. The Morgan fingerprint density at radius 3 is 2.69 bits per heavy atom. The van der Waals surface area contributed by atoms with Crippen LogP contribution in [0.25, 0.3) is 0 Å². The second-order valence-electron chi connectivity index (χ2n) is 7.47. The molecular weight excluding hydrogens is 374 g/mol. The number of fused-ring (bicyclic) bond motifs is 2. The standard InChI is InChI=1S/C22H27NO6/c1-23-8-7-13-9-19-21(29-12-28-19)22(27-4)20(13)16(23)11-17(24)15-6-5-14(25-2)10-18(15)26-3/h5-6,9-10,16-17,24H,7-8,11-12H2,1-4H3/p+1/t16-,17+/m1/s1. The number of hydrogen-bond donors (Lipinski definition) is 2. The molecule has 0 spiro atoms. The highest BCUT2D eigenvalue weighted by Crippen LogP contribution is 2.48. The van der Waals surface area contributed by atoms with Crippen molar-refractivity contribution in [2.24, 2.45) is 0 Å². The van der Waals surface area contributed by atoms with E-state index in [9.17, 15) is 5.11 Å². The fourth-order valence-electron chi connectivity index (χ4n) is 4.38. The first-order chi connectivity index (χ1) is 14.1. The van der Waals surface area contributed by atoms with E-state index in [1.807, 2.05) is 12.1 Å². The number of quaternary nitrogens is 1. The van der Waals surface area contributed by atoms with Gasteiger partial charge >= 0.3 is 0 Å². The maximum absolute atomic E-state index is 11.1. The van der Waals surface area contributed by atoms with E-state index in [1.165, 1.54) is 10.5 Å². The van der Waals surface area contributed by atoms with Gasteiger partial charge in [0.15, 0.2) is 11.5 Å². The number of hydrogen-bond acceptors (Lipinski definition) is 6. The molecule has 0 saturated heterocycles. The largest absolute Gasteiger partial charge is 0.497 e. The van der Waals surface area contributed by atoms with Crippen LogP contribution in [0.2, 0.25) is 0 Å². The summed E-state index contributed by atoms with van der Waals surface area (Å²) in [7, 11) is 7.01. The third-order valence-electron chi connectivity index (χ3n) is 5.94. The van der Waals surface area contributed by atoms with Gasteiger partial charge < -0.3 is 33.7 Å². The minimum atomic E-state index is -0.697. The van der Waals surface area contributed by atoms with Crippen LogP contribution in [0.5, 0.6) is 28.7 Å². The minimum Gasteiger partial charge on any atom is -0.497 e. The van der Waals surface area contributed by atoms with Gasteiger partial charge in [0.05, 0.1) is 46.6 Å². The summed E-state index contributed by atoms with van der Waals surface area (Å²) >= 11 is 0. The topological polar surface area (TPSA) is 70.8 Å². The average Bonchev–Trinajstić information content (AvgIpc) is 3.21. The van der Waals surface area contributed by atoms with Crippen LogP contribution in [0, 0.1) is 0 Å². The molecule has 4 rings (SSSR count). The molecule has 0 fully saturated rings. The van der Waals surface area contributed by atoms with Crippen LogP contribution in [0.4, 0.5) is 0 Å². The van der Waals surface area contributed by atoms with Gasteiger partial charge in [-0.15, -0.1) is 0 Å². The van der Waals surface area contributed by atoms with Gasteiger partial charge in [-0.05, 0) is 23.8 Å². The summed E-state index contributed by atoms with van der Waals surface area (Å²) in [5, 5.41) is 11.1. The van der Waals surface area contributed by atoms with Crippen molar-refractivity contribution in [3.8, 4) is 28.7 Å². The van der Waals surface area contributed by atoms with Crippen LogP contribution in [0.15, 0.2) is 24.3 Å². The van der Waals surface area contributed by atoms with Crippen LogP contribution in [0.3, 0.4) is 0 Å². The number of likely N-dealkylation sites (N-methyl/N-ethyl adjacent to an activating group) is 1. The molecule has 156 valence electrons. The first-order valence-electron chi connectivity index (χ1n) is 9.79. The summed E-state index contributed by atoms with van der Waals surface area (Å²) in [6.45, 7) is 1.17. The second kappa shape index (κ2) is 8.00. The van der Waals surface area contributed by atoms with Gasteiger partial charge in [0.25, 0.3) is 0 Å². The molecule has 2 heterocycles. The van der Waals surface area contributed by atoms with E-state index in [-0.39, 0.29) is 12.8 Å². The van der Waals surface area contributed by atoms with Gasteiger partial charge in [-0.1, -0.05) is 0 Å². The number of methoxy groups -OCH3 is 3. The Morgan fingerprint density at radius 1 is 1.14 bits per heavy atom. The summed E-state index contributed by atoms with van der Waals surface area (Å²) in [6, 6.07) is 7.59. The molecule has 0 aliphatic carbocycles. The molecule has 2 aromatic rings. The van der Waals surface area contributed by atoms with E-state index < -0.39 is 6.10 Å². The third kappa shape index (κ3) is 3.45. The molecule has 0 radical (unpaired) electrons. The number of ether oxygens (including phenoxy) is 5. The lowest BCUT2D eigenvalue weighted by Gasteiger charge is -2.34. The second-order valence-corrected chi connectivity index (χ2v) is 7.47. The Labute approximate surface area is 170 Å². The Bertz CT molecular complexity index is 899. The Kier molecular flexibility index (Phi) is 5.43. The summed E-state index contributed by atoms with van der Waals surface area (Å²) < 4.78 is 27.8. The molecule has 29 heavy (non-hydrogen) atoms. The fraction of sp³-hybridized carbons (Fsp3) is 0.455. The van der Waals surface area contributed by atoms with Gasteiger partial charge in [-0.25, -0.2) is 0 Å². The summed E-state index contributed by atoms with van der Waals surface area (Å²) in [4.78, 5) is 1.32. The molecule has 7 heteroatoms. The lowest BCUT2D eigenvalue weighted by atomic mass is 9.87. The van der Waals surface area contributed by atoms with Crippen LogP contribution >= 0.6 is 0 Å². The number of benzene rings is 2. The van der Waals surface area contributed by atoms with E-state index in [0.29, 0.717) is 29.4 Å². The van der Waals surface area contributed by atoms with Gasteiger partial charge in [0.2, 0.25) is 12.5 Å². The van der Waals surface area contributed by atoms with Crippen molar-refractivity contribution in [1.29, 1.82) is 0 Å². The molecule has 7 nitrogen and oxygen atoms in total. The predicted molar refractivity (Wildman–Crippen MR) is 106 cm³/mol. The molecule has 2 aromatic carbocycles. The highest BCUT2D eigenvalue weighted by molar-refractivity contribution is 5.61. The maximum Gasteiger partial charge on any atom is 0.231 e. The van der Waals surface area contributed by atoms with E-state index in [2.05, 4.69) is 13.1 Å². The lowest BCUT2D eigenvalue weighted by Crippen LogP contribution is -3.10. The molecule has 2 aliphatic rings. The quantitative estimate of drug-likeness (QED) is 0.766. The normalized spacial score (nSPS) is 20.7. The number of aliphatic hydroxyl groups excluding tert-OH is 1. The lowest BCUT2D eigenvalue weighted by molar-refractivity contribution is -0.915. The van der Waals surface area contributed by atoms with Gasteiger partial charge in [0.1, 0.15) is 17.5 Å². The van der Waals surface area contributed by atoms with E-state index in [1.54, 1.807) is 27.4 Å². The van der Waals surface area contributed by atoms with E-state index in [0.717, 1.165) is 29.8 Å². The number of aliphatic hydroxyl groups is 1.